The molecular formula is C58H36N2S. The molecule has 0 saturated heterocycles. The maximum absolute atomic E-state index is 5.30. The minimum Gasteiger partial charge on any atom is -0.228 e. The van der Waals surface area contributed by atoms with Crippen molar-refractivity contribution >= 4 is 63.8 Å². The lowest BCUT2D eigenvalue weighted by molar-refractivity contribution is 1.18. The van der Waals surface area contributed by atoms with E-state index in [1.807, 2.05) is 17.4 Å². The highest BCUT2D eigenvalue weighted by Gasteiger charge is 2.18. The molecule has 0 aliphatic rings. The summed E-state index contributed by atoms with van der Waals surface area (Å²) in [6, 6.07) is 78.7. The molecule has 2 nitrogen and oxygen atoms in total. The molecule has 3 heteroatoms. The average molecular weight is 793 g/mol. The predicted octanol–water partition coefficient (Wildman–Crippen LogP) is 16.3. The Balaban J connectivity index is 1.01. The van der Waals surface area contributed by atoms with Crippen molar-refractivity contribution in [1.82, 2.24) is 9.97 Å². The van der Waals surface area contributed by atoms with Gasteiger partial charge in [0.2, 0.25) is 0 Å². The molecule has 0 spiro atoms. The molecule has 2 aromatic heterocycles. The number of hydrogen-bond donors (Lipinski definition) is 0. The van der Waals surface area contributed by atoms with E-state index in [1.165, 1.54) is 69.2 Å². The van der Waals surface area contributed by atoms with Crippen molar-refractivity contribution in [2.45, 2.75) is 0 Å². The highest BCUT2D eigenvalue weighted by molar-refractivity contribution is 7.25. The van der Waals surface area contributed by atoms with E-state index >= 15 is 0 Å². The predicted molar refractivity (Wildman–Crippen MR) is 260 cm³/mol. The molecule has 2 heterocycles. The summed E-state index contributed by atoms with van der Waals surface area (Å²) in [5.41, 5.74) is 12.0. The van der Waals surface area contributed by atoms with Crippen LogP contribution in [0.5, 0.6) is 0 Å². The van der Waals surface area contributed by atoms with E-state index in [4.69, 9.17) is 9.97 Å². The molecule has 12 aromatic rings. The highest BCUT2D eigenvalue weighted by atomic mass is 32.1. The van der Waals surface area contributed by atoms with Gasteiger partial charge in [-0.25, -0.2) is 9.97 Å². The molecule has 0 bridgehead atoms. The average Bonchev–Trinajstić information content (AvgIpc) is 3.73. The zero-order chi connectivity index (χ0) is 40.3. The van der Waals surface area contributed by atoms with Crippen molar-refractivity contribution in [3.8, 4) is 67.3 Å². The molecule has 0 atom stereocenters. The van der Waals surface area contributed by atoms with Crippen LogP contribution in [0.25, 0.3) is 120 Å². The smallest absolute Gasteiger partial charge is 0.160 e. The van der Waals surface area contributed by atoms with Crippen LogP contribution >= 0.6 is 11.3 Å². The third kappa shape index (κ3) is 6.09. The van der Waals surface area contributed by atoms with Gasteiger partial charge < -0.3 is 0 Å². The van der Waals surface area contributed by atoms with Crippen molar-refractivity contribution in [3.05, 3.63) is 218 Å². The Hall–Kier alpha value is -7.72. The fourth-order valence-corrected chi connectivity index (χ4v) is 10.4. The Morgan fingerprint density at radius 1 is 0.295 bits per heavy atom. The Morgan fingerprint density at radius 3 is 1.74 bits per heavy atom. The Bertz CT molecular complexity index is 3660. The molecule has 0 aliphatic heterocycles. The fourth-order valence-electron chi connectivity index (χ4n) is 9.23. The molecular weight excluding hydrogens is 757 g/mol. The van der Waals surface area contributed by atoms with Crippen LogP contribution in [0.2, 0.25) is 0 Å². The lowest BCUT2D eigenvalue weighted by Crippen LogP contribution is -1.97. The van der Waals surface area contributed by atoms with Gasteiger partial charge in [-0.15, -0.1) is 11.3 Å². The monoisotopic (exact) mass is 792 g/mol. The van der Waals surface area contributed by atoms with Crippen LogP contribution in [0.4, 0.5) is 0 Å². The van der Waals surface area contributed by atoms with Crippen LogP contribution < -0.4 is 0 Å². The standard InChI is InChI=1S/C58H36N2S/c1-2-16-38(17-3-1)58-59-52(36-53(60-58)47-26-9-8-25-46(47)48-28-14-30-55-57(48)50-27-10-11-29-54(50)61-55)42-21-12-19-39(33-42)40-20-13-22-43(34-40)56-45-24-7-5-18-41(45)35-51-44-23-6-4-15-37(44)31-32-49(51)56/h1-36H. The maximum Gasteiger partial charge on any atom is 0.160 e. The van der Waals surface area contributed by atoms with Crippen LogP contribution in [-0.2, 0) is 0 Å². The second-order valence-corrected chi connectivity index (χ2v) is 16.8. The number of benzene rings is 10. The SMILES string of the molecule is c1ccc(-c2nc(-c3cccc(-c4cccc(-c5c6ccccc6cc6c5ccc5ccccc56)c4)c3)cc(-c3ccccc3-c3cccc4sc5ccccc5c34)n2)cc1. The molecule has 0 amide bonds. The number of hydrogen-bond acceptors (Lipinski definition) is 3. The molecule has 0 aliphatic carbocycles. The number of rotatable bonds is 6. The van der Waals surface area contributed by atoms with Crippen LogP contribution in [0.3, 0.4) is 0 Å². The van der Waals surface area contributed by atoms with E-state index in [0.717, 1.165) is 44.8 Å². The lowest BCUT2D eigenvalue weighted by Gasteiger charge is -2.15. The summed E-state index contributed by atoms with van der Waals surface area (Å²) in [7, 11) is 0. The molecule has 0 saturated carbocycles. The van der Waals surface area contributed by atoms with Gasteiger partial charge in [-0.3, -0.25) is 0 Å². The van der Waals surface area contributed by atoms with Crippen LogP contribution in [-0.4, -0.2) is 9.97 Å². The zero-order valence-electron chi connectivity index (χ0n) is 33.1. The molecule has 0 unspecified atom stereocenters. The van der Waals surface area contributed by atoms with E-state index in [0.29, 0.717) is 5.82 Å². The van der Waals surface area contributed by atoms with Crippen molar-refractivity contribution in [1.29, 1.82) is 0 Å². The van der Waals surface area contributed by atoms with E-state index in [2.05, 4.69) is 212 Å². The maximum atomic E-state index is 5.30. The quantitative estimate of drug-likeness (QED) is 0.124. The number of nitrogens with zero attached hydrogens (tertiary/aromatic N) is 2. The molecule has 0 N–H and O–H groups in total. The summed E-state index contributed by atoms with van der Waals surface area (Å²) in [5.74, 6) is 0.699. The summed E-state index contributed by atoms with van der Waals surface area (Å²) in [6.07, 6.45) is 0. The van der Waals surface area contributed by atoms with Gasteiger partial charge >= 0.3 is 0 Å². The second kappa shape index (κ2) is 14.5. The first-order chi connectivity index (χ1) is 30.2. The molecule has 61 heavy (non-hydrogen) atoms. The molecule has 284 valence electrons. The minimum absolute atomic E-state index is 0.699. The Labute approximate surface area is 357 Å². The van der Waals surface area contributed by atoms with Crippen molar-refractivity contribution in [2.75, 3.05) is 0 Å². The summed E-state index contributed by atoms with van der Waals surface area (Å²) in [6.45, 7) is 0. The van der Waals surface area contributed by atoms with Gasteiger partial charge in [0.1, 0.15) is 0 Å². The third-order valence-corrected chi connectivity index (χ3v) is 13.2. The Morgan fingerprint density at radius 2 is 0.885 bits per heavy atom. The number of aromatic nitrogens is 2. The largest absolute Gasteiger partial charge is 0.228 e. The van der Waals surface area contributed by atoms with Gasteiger partial charge in [-0.1, -0.05) is 182 Å². The van der Waals surface area contributed by atoms with Gasteiger partial charge in [0.05, 0.1) is 11.4 Å². The zero-order valence-corrected chi connectivity index (χ0v) is 33.9. The van der Waals surface area contributed by atoms with Crippen LogP contribution in [0.15, 0.2) is 218 Å². The third-order valence-electron chi connectivity index (χ3n) is 12.1. The van der Waals surface area contributed by atoms with Crippen molar-refractivity contribution < 1.29 is 0 Å². The first kappa shape index (κ1) is 35.2. The van der Waals surface area contributed by atoms with Gasteiger partial charge in [-0.2, -0.15) is 0 Å². The second-order valence-electron chi connectivity index (χ2n) is 15.7. The minimum atomic E-state index is 0.699. The Kier molecular flexibility index (Phi) is 8.39. The summed E-state index contributed by atoms with van der Waals surface area (Å²) in [4.78, 5) is 10.6. The molecule has 0 fully saturated rings. The van der Waals surface area contributed by atoms with Crippen molar-refractivity contribution in [2.24, 2.45) is 0 Å². The number of fused-ring (bicyclic) bond motifs is 7. The lowest BCUT2D eigenvalue weighted by atomic mass is 9.88. The first-order valence-electron chi connectivity index (χ1n) is 20.7. The van der Waals surface area contributed by atoms with Crippen LogP contribution in [0, 0.1) is 0 Å². The summed E-state index contributed by atoms with van der Waals surface area (Å²) in [5, 5.41) is 10.1. The topological polar surface area (TPSA) is 25.8 Å². The van der Waals surface area contributed by atoms with Gasteiger partial charge in [0.15, 0.2) is 5.82 Å². The van der Waals surface area contributed by atoms with E-state index < -0.39 is 0 Å². The van der Waals surface area contributed by atoms with Gasteiger partial charge in [0, 0.05) is 36.9 Å². The van der Waals surface area contributed by atoms with E-state index in [1.54, 1.807) is 0 Å². The fraction of sp³-hybridized carbons (Fsp3) is 0. The van der Waals surface area contributed by atoms with E-state index in [-0.39, 0.29) is 0 Å². The summed E-state index contributed by atoms with van der Waals surface area (Å²) >= 11 is 1.85. The first-order valence-corrected chi connectivity index (χ1v) is 21.5. The summed E-state index contributed by atoms with van der Waals surface area (Å²) < 4.78 is 2.58. The molecule has 0 radical (unpaired) electrons. The van der Waals surface area contributed by atoms with E-state index in [9.17, 15) is 0 Å². The molecule has 12 rings (SSSR count). The normalized spacial score (nSPS) is 11.6. The highest BCUT2D eigenvalue weighted by Crippen LogP contribution is 2.44. The van der Waals surface area contributed by atoms with Gasteiger partial charge in [-0.05, 0) is 102 Å². The molecule has 10 aromatic carbocycles. The van der Waals surface area contributed by atoms with Crippen LogP contribution in [0.1, 0.15) is 0 Å². The number of thiophene rings is 1. The van der Waals surface area contributed by atoms with Crippen molar-refractivity contribution in [3.63, 3.8) is 0 Å². The van der Waals surface area contributed by atoms with Gasteiger partial charge in [0.25, 0.3) is 0 Å².